The molecule has 0 spiro atoms. The Kier molecular flexibility index (Phi) is 8.01. The van der Waals surface area contributed by atoms with Gasteiger partial charge < -0.3 is 10.1 Å². The van der Waals surface area contributed by atoms with E-state index in [1.807, 2.05) is 13.8 Å². The van der Waals surface area contributed by atoms with Crippen molar-refractivity contribution in [2.75, 3.05) is 20.7 Å². The molecule has 1 aromatic carbocycles. The second-order valence-corrected chi connectivity index (χ2v) is 8.24. The van der Waals surface area contributed by atoms with Crippen molar-refractivity contribution in [1.82, 2.24) is 9.79 Å². The molecule has 0 aliphatic carbocycles. The van der Waals surface area contributed by atoms with Crippen molar-refractivity contribution in [3.8, 4) is 0 Å². The summed E-state index contributed by atoms with van der Waals surface area (Å²) in [6.45, 7) is 5.75. The Labute approximate surface area is 158 Å². The molecular weight excluding hydrogens is 384 g/mol. The van der Waals surface area contributed by atoms with Crippen LogP contribution in [0.1, 0.15) is 31.1 Å². The van der Waals surface area contributed by atoms with Gasteiger partial charge in [0.2, 0.25) is 0 Å². The topological polar surface area (TPSA) is 102 Å². The van der Waals surface area contributed by atoms with Crippen LogP contribution in [-0.2, 0) is 24.4 Å². The summed E-state index contributed by atoms with van der Waals surface area (Å²) in [6.07, 6.45) is -1.03. The maximum Gasteiger partial charge on any atom is 0.338 e. The minimum atomic E-state index is -4.05. The molecule has 0 aromatic heterocycles. The molecule has 0 unspecified atom stereocenters. The predicted octanol–water partition coefficient (Wildman–Crippen LogP) is 1.84. The maximum absolute atomic E-state index is 12.3. The summed E-state index contributed by atoms with van der Waals surface area (Å²) < 4.78 is 30.4. The van der Waals surface area contributed by atoms with E-state index in [4.69, 9.17) is 16.3 Å². The molecule has 0 fully saturated rings. The van der Waals surface area contributed by atoms with Crippen LogP contribution in [0.3, 0.4) is 0 Å². The van der Waals surface area contributed by atoms with Crippen LogP contribution >= 0.6 is 11.6 Å². The van der Waals surface area contributed by atoms with Crippen molar-refractivity contribution < 1.29 is 27.6 Å². The number of hydrogen-bond acceptors (Lipinski definition) is 6. The number of nitrogens with zero attached hydrogens (tertiary/aromatic N) is 1. The van der Waals surface area contributed by atoms with E-state index in [0.717, 1.165) is 6.07 Å². The van der Waals surface area contributed by atoms with E-state index in [1.54, 1.807) is 0 Å². The molecule has 1 atom stereocenters. The molecule has 0 aliphatic heterocycles. The third-order valence-electron chi connectivity index (χ3n) is 3.38. The number of carbonyl (C=O) groups is 2. The van der Waals surface area contributed by atoms with Gasteiger partial charge in [0.15, 0.2) is 6.10 Å². The fraction of sp³-hybridized carbons (Fsp3) is 0.500. The fourth-order valence-corrected chi connectivity index (χ4v) is 3.27. The van der Waals surface area contributed by atoms with Crippen molar-refractivity contribution in [3.05, 3.63) is 28.8 Å². The number of carbonyl (C=O) groups excluding carboxylic acids is 2. The van der Waals surface area contributed by atoms with Crippen molar-refractivity contribution in [2.24, 2.45) is 5.92 Å². The zero-order valence-corrected chi connectivity index (χ0v) is 16.8. The van der Waals surface area contributed by atoms with Crippen molar-refractivity contribution in [3.63, 3.8) is 0 Å². The number of hydrogen-bond donors (Lipinski definition) is 1. The summed E-state index contributed by atoms with van der Waals surface area (Å²) >= 11 is 5.94. The third-order valence-corrected chi connectivity index (χ3v) is 5.54. The van der Waals surface area contributed by atoms with Crippen LogP contribution in [-0.4, -0.2) is 51.6 Å². The number of nitrogens with one attached hydrogen (secondary N) is 1. The zero-order valence-electron chi connectivity index (χ0n) is 15.3. The average molecular weight is 407 g/mol. The summed E-state index contributed by atoms with van der Waals surface area (Å²) in [5.74, 6) is -1.03. The minimum absolute atomic E-state index is 0.0546. The van der Waals surface area contributed by atoms with E-state index >= 15 is 0 Å². The highest BCUT2D eigenvalue weighted by molar-refractivity contribution is 7.89. The summed E-state index contributed by atoms with van der Waals surface area (Å²) in [5.41, 5.74) is -0.0546. The second-order valence-electron chi connectivity index (χ2n) is 5.93. The largest absolute Gasteiger partial charge is 0.449 e. The molecule has 0 bridgehead atoms. The number of hydroxylamine groups is 1. The Bertz CT molecular complexity index is 766. The van der Waals surface area contributed by atoms with E-state index in [-0.39, 0.29) is 21.4 Å². The van der Waals surface area contributed by atoms with Crippen LogP contribution in [0.5, 0.6) is 0 Å². The molecule has 1 amide bonds. The lowest BCUT2D eigenvalue weighted by Crippen LogP contribution is -2.37. The smallest absolute Gasteiger partial charge is 0.338 e. The van der Waals surface area contributed by atoms with Crippen LogP contribution in [0, 0.1) is 5.92 Å². The molecule has 0 aliphatic rings. The number of benzene rings is 1. The normalized spacial score (nSPS) is 12.9. The highest BCUT2D eigenvalue weighted by Crippen LogP contribution is 2.25. The lowest BCUT2D eigenvalue weighted by molar-refractivity contribution is -0.129. The van der Waals surface area contributed by atoms with Gasteiger partial charge >= 0.3 is 5.97 Å². The number of halogens is 1. The molecule has 26 heavy (non-hydrogen) atoms. The van der Waals surface area contributed by atoms with Gasteiger partial charge in [0.25, 0.3) is 15.9 Å². The number of esters is 1. The van der Waals surface area contributed by atoms with Crippen molar-refractivity contribution in [2.45, 2.75) is 31.8 Å². The van der Waals surface area contributed by atoms with Gasteiger partial charge in [-0.3, -0.25) is 9.63 Å². The molecule has 0 radical (unpaired) electrons. The highest BCUT2D eigenvalue weighted by Gasteiger charge is 2.26. The molecule has 1 N–H and O–H groups in total. The monoisotopic (exact) mass is 406 g/mol. The van der Waals surface area contributed by atoms with E-state index in [1.165, 1.54) is 33.2 Å². The third kappa shape index (κ3) is 5.66. The van der Waals surface area contributed by atoms with Gasteiger partial charge in [-0.1, -0.05) is 29.9 Å². The molecule has 1 aromatic rings. The first-order valence-corrected chi connectivity index (χ1v) is 9.63. The van der Waals surface area contributed by atoms with Gasteiger partial charge in [0.1, 0.15) is 4.90 Å². The van der Waals surface area contributed by atoms with Gasteiger partial charge in [-0.2, -0.15) is 0 Å². The number of rotatable bonds is 8. The Balaban J connectivity index is 2.98. The summed E-state index contributed by atoms with van der Waals surface area (Å²) in [5, 5.41) is 2.57. The lowest BCUT2D eigenvalue weighted by Gasteiger charge is -2.17. The van der Waals surface area contributed by atoms with Crippen LogP contribution in [0.2, 0.25) is 5.02 Å². The van der Waals surface area contributed by atoms with E-state index in [9.17, 15) is 18.0 Å². The van der Waals surface area contributed by atoms with E-state index in [2.05, 4.69) is 10.2 Å². The number of ether oxygens (including phenoxy) is 1. The van der Waals surface area contributed by atoms with Gasteiger partial charge in [-0.15, -0.1) is 0 Å². The standard InChI is InChI=1S/C16H23ClN2O6S/c1-10(2)9-18-15(20)11(3)25-16(21)12-6-7-13(17)14(8-12)26(22,23)19(4)24-5/h6-8,10-11H,9H2,1-5H3,(H,18,20)/t11-/m0/s1. The zero-order chi connectivity index (χ0) is 20.1. The van der Waals surface area contributed by atoms with Crippen LogP contribution in [0.4, 0.5) is 0 Å². The van der Waals surface area contributed by atoms with Crippen LogP contribution < -0.4 is 5.32 Å². The Morgan fingerprint density at radius 2 is 1.88 bits per heavy atom. The molecular formula is C16H23ClN2O6S. The van der Waals surface area contributed by atoms with Gasteiger partial charge in [-0.25, -0.2) is 13.2 Å². The average Bonchev–Trinajstić information content (AvgIpc) is 2.58. The van der Waals surface area contributed by atoms with Crippen LogP contribution in [0.25, 0.3) is 0 Å². The Hall–Kier alpha value is -1.68. The predicted molar refractivity (Wildman–Crippen MR) is 96.1 cm³/mol. The molecule has 10 heteroatoms. The molecule has 0 saturated heterocycles. The molecule has 0 heterocycles. The van der Waals surface area contributed by atoms with Gasteiger partial charge in [-0.05, 0) is 31.0 Å². The summed E-state index contributed by atoms with van der Waals surface area (Å²) in [7, 11) is -1.67. The number of sulfonamides is 1. The van der Waals surface area contributed by atoms with Crippen molar-refractivity contribution >= 4 is 33.5 Å². The molecule has 1 rings (SSSR count). The van der Waals surface area contributed by atoms with Gasteiger partial charge in [0.05, 0.1) is 17.7 Å². The first kappa shape index (κ1) is 22.4. The van der Waals surface area contributed by atoms with Crippen LogP contribution in [0.15, 0.2) is 23.1 Å². The first-order valence-electron chi connectivity index (χ1n) is 7.82. The van der Waals surface area contributed by atoms with E-state index < -0.39 is 28.0 Å². The maximum atomic E-state index is 12.3. The minimum Gasteiger partial charge on any atom is -0.449 e. The second kappa shape index (κ2) is 9.31. The Morgan fingerprint density at radius 1 is 1.27 bits per heavy atom. The molecule has 146 valence electrons. The number of amides is 1. The SMILES string of the molecule is CON(C)S(=O)(=O)c1cc(C(=O)O[C@@H](C)C(=O)NCC(C)C)ccc1Cl. The van der Waals surface area contributed by atoms with E-state index in [0.29, 0.717) is 11.0 Å². The highest BCUT2D eigenvalue weighted by atomic mass is 35.5. The summed E-state index contributed by atoms with van der Waals surface area (Å²) in [4.78, 5) is 28.5. The Morgan fingerprint density at radius 3 is 2.42 bits per heavy atom. The quantitative estimate of drug-likeness (QED) is 0.522. The molecule has 8 nitrogen and oxygen atoms in total. The summed E-state index contributed by atoms with van der Waals surface area (Å²) in [6, 6.07) is 3.65. The fourth-order valence-electron chi connectivity index (χ4n) is 1.80. The molecule has 0 saturated carbocycles. The van der Waals surface area contributed by atoms with Crippen molar-refractivity contribution in [1.29, 1.82) is 0 Å². The first-order chi connectivity index (χ1) is 12.0. The lowest BCUT2D eigenvalue weighted by atomic mass is 10.2. The van der Waals surface area contributed by atoms with Gasteiger partial charge in [0, 0.05) is 13.6 Å².